The first kappa shape index (κ1) is 18.5. The van der Waals surface area contributed by atoms with Gasteiger partial charge in [-0.25, -0.2) is 4.79 Å². The van der Waals surface area contributed by atoms with Crippen molar-refractivity contribution in [3.8, 4) is 5.75 Å². The number of carbonyl (C=O) groups is 2. The van der Waals surface area contributed by atoms with Gasteiger partial charge in [-0.15, -0.1) is 0 Å². The van der Waals surface area contributed by atoms with Gasteiger partial charge in [-0.2, -0.15) is 0 Å². The van der Waals surface area contributed by atoms with Gasteiger partial charge in [-0.1, -0.05) is 24.3 Å². The van der Waals surface area contributed by atoms with Crippen molar-refractivity contribution in [2.75, 3.05) is 13.7 Å². The molecule has 5 nitrogen and oxygen atoms in total. The average Bonchev–Trinajstić information content (AvgIpc) is 2.70. The molecule has 0 aromatic heterocycles. The molecule has 2 aromatic carbocycles. The highest BCUT2D eigenvalue weighted by Gasteiger charge is 2.51. The monoisotopic (exact) mass is 393 g/mol. The van der Waals surface area contributed by atoms with Gasteiger partial charge in [0.25, 0.3) is 5.91 Å². The van der Waals surface area contributed by atoms with E-state index in [-0.39, 0.29) is 18.1 Å². The summed E-state index contributed by atoms with van der Waals surface area (Å²) in [6.45, 7) is -0.235. The van der Waals surface area contributed by atoms with Gasteiger partial charge in [0, 0.05) is 10.9 Å². The number of hydrogen-bond donors (Lipinski definition) is 1. The molecule has 152 valence electrons. The minimum atomic E-state index is -0.482. The molecule has 29 heavy (non-hydrogen) atoms. The minimum Gasteiger partial charge on any atom is -0.496 e. The van der Waals surface area contributed by atoms with E-state index in [1.807, 2.05) is 24.3 Å². The quantitative estimate of drug-likeness (QED) is 0.777. The lowest BCUT2D eigenvalue weighted by Crippen LogP contribution is -2.60. The van der Waals surface area contributed by atoms with E-state index in [0.29, 0.717) is 11.3 Å². The molecule has 0 atom stereocenters. The second-order valence-electron chi connectivity index (χ2n) is 9.18. The number of fused-ring (bicyclic) bond motifs is 1. The van der Waals surface area contributed by atoms with Crippen LogP contribution in [0.1, 0.15) is 48.9 Å². The molecule has 0 saturated heterocycles. The maximum atomic E-state index is 12.7. The number of carbonyl (C=O) groups excluding carboxylic acids is 2. The maximum absolute atomic E-state index is 12.7. The largest absolute Gasteiger partial charge is 0.496 e. The molecule has 6 rings (SSSR count). The molecule has 0 spiro atoms. The third kappa shape index (κ3) is 3.37. The van der Waals surface area contributed by atoms with Gasteiger partial charge in [-0.05, 0) is 73.8 Å². The molecule has 1 amide bonds. The van der Waals surface area contributed by atoms with Crippen molar-refractivity contribution in [2.45, 2.75) is 44.1 Å². The summed E-state index contributed by atoms with van der Waals surface area (Å²) in [6.07, 6.45) is 7.24. The van der Waals surface area contributed by atoms with Crippen LogP contribution >= 0.6 is 0 Å². The first-order valence-electron chi connectivity index (χ1n) is 10.6. The van der Waals surface area contributed by atoms with Crippen LogP contribution in [0.25, 0.3) is 10.8 Å². The fourth-order valence-electron chi connectivity index (χ4n) is 6.43. The summed E-state index contributed by atoms with van der Waals surface area (Å²) in [5, 5.41) is 4.86. The van der Waals surface area contributed by atoms with E-state index in [1.54, 1.807) is 19.2 Å². The lowest BCUT2D eigenvalue weighted by molar-refractivity contribution is -0.130. The fraction of sp³-hybridized carbons (Fsp3) is 0.500. The van der Waals surface area contributed by atoms with Crippen LogP contribution in [0.4, 0.5) is 0 Å². The molecular weight excluding hydrogens is 366 g/mol. The first-order chi connectivity index (χ1) is 14.0. The summed E-state index contributed by atoms with van der Waals surface area (Å²) in [6, 6.07) is 11.0. The van der Waals surface area contributed by atoms with E-state index >= 15 is 0 Å². The van der Waals surface area contributed by atoms with E-state index in [1.165, 1.54) is 19.3 Å². The molecule has 4 bridgehead atoms. The maximum Gasteiger partial charge on any atom is 0.339 e. The Labute approximate surface area is 170 Å². The highest BCUT2D eigenvalue weighted by molar-refractivity contribution is 6.06. The Hall–Kier alpha value is -2.56. The lowest BCUT2D eigenvalue weighted by atomic mass is 9.53. The van der Waals surface area contributed by atoms with Crippen LogP contribution < -0.4 is 10.1 Å². The Bertz CT molecular complexity index is 931. The van der Waals surface area contributed by atoms with Gasteiger partial charge < -0.3 is 14.8 Å². The van der Waals surface area contributed by atoms with Crippen molar-refractivity contribution in [1.82, 2.24) is 5.32 Å². The topological polar surface area (TPSA) is 64.6 Å². The zero-order chi connectivity index (χ0) is 20.0. The lowest BCUT2D eigenvalue weighted by Gasteiger charge is -2.56. The predicted molar refractivity (Wildman–Crippen MR) is 110 cm³/mol. The van der Waals surface area contributed by atoms with Gasteiger partial charge >= 0.3 is 5.97 Å². The van der Waals surface area contributed by atoms with Crippen molar-refractivity contribution in [2.24, 2.45) is 17.8 Å². The molecule has 0 unspecified atom stereocenters. The van der Waals surface area contributed by atoms with Crippen LogP contribution in [0.15, 0.2) is 36.4 Å². The third-order valence-corrected chi connectivity index (χ3v) is 7.10. The highest BCUT2D eigenvalue weighted by atomic mass is 16.5. The van der Waals surface area contributed by atoms with Crippen molar-refractivity contribution in [1.29, 1.82) is 0 Å². The molecule has 4 aliphatic rings. The fourth-order valence-corrected chi connectivity index (χ4v) is 6.43. The number of rotatable bonds is 5. The molecule has 0 radical (unpaired) electrons. The Morgan fingerprint density at radius 2 is 1.59 bits per heavy atom. The number of hydrogen-bond acceptors (Lipinski definition) is 4. The van der Waals surface area contributed by atoms with E-state index < -0.39 is 5.97 Å². The zero-order valence-corrected chi connectivity index (χ0v) is 16.8. The average molecular weight is 393 g/mol. The molecule has 2 aromatic rings. The summed E-state index contributed by atoms with van der Waals surface area (Å²) in [7, 11) is 1.61. The van der Waals surface area contributed by atoms with Crippen LogP contribution in [-0.4, -0.2) is 31.1 Å². The molecule has 4 fully saturated rings. The molecule has 4 saturated carbocycles. The SMILES string of the molecule is COc1ccc(C(=O)OCC(=O)NC23CC4CC(CC(C4)C2)C3)c2ccccc12. The number of ether oxygens (including phenoxy) is 2. The van der Waals surface area contributed by atoms with E-state index in [9.17, 15) is 9.59 Å². The van der Waals surface area contributed by atoms with Crippen molar-refractivity contribution in [3.05, 3.63) is 42.0 Å². The second kappa shape index (κ2) is 7.05. The number of esters is 1. The van der Waals surface area contributed by atoms with E-state index in [4.69, 9.17) is 9.47 Å². The van der Waals surface area contributed by atoms with Crippen molar-refractivity contribution in [3.63, 3.8) is 0 Å². The number of nitrogens with one attached hydrogen (secondary N) is 1. The molecule has 1 N–H and O–H groups in total. The van der Waals surface area contributed by atoms with Crippen molar-refractivity contribution < 1.29 is 19.1 Å². The Morgan fingerprint density at radius 3 is 2.21 bits per heavy atom. The zero-order valence-electron chi connectivity index (χ0n) is 16.8. The summed E-state index contributed by atoms with van der Waals surface area (Å²) in [5.74, 6) is 2.32. The van der Waals surface area contributed by atoms with Crippen LogP contribution in [0.2, 0.25) is 0 Å². The van der Waals surface area contributed by atoms with Crippen LogP contribution in [0.5, 0.6) is 5.75 Å². The van der Waals surface area contributed by atoms with Crippen LogP contribution in [-0.2, 0) is 9.53 Å². The molecular formula is C24H27NO4. The summed E-state index contributed by atoms with van der Waals surface area (Å²) >= 11 is 0. The molecule has 0 heterocycles. The summed E-state index contributed by atoms with van der Waals surface area (Å²) in [4.78, 5) is 25.3. The van der Waals surface area contributed by atoms with Crippen LogP contribution in [0.3, 0.4) is 0 Å². The molecule has 4 aliphatic carbocycles. The number of methoxy groups -OCH3 is 1. The van der Waals surface area contributed by atoms with Gasteiger partial charge in [0.2, 0.25) is 0 Å². The summed E-state index contributed by atoms with van der Waals surface area (Å²) in [5.41, 5.74) is 0.384. The smallest absolute Gasteiger partial charge is 0.339 e. The third-order valence-electron chi connectivity index (χ3n) is 7.10. The molecule has 5 heteroatoms. The van der Waals surface area contributed by atoms with E-state index in [2.05, 4.69) is 5.32 Å². The van der Waals surface area contributed by atoms with Gasteiger partial charge in [0.15, 0.2) is 6.61 Å². The normalized spacial score (nSPS) is 29.6. The number of amides is 1. The summed E-state index contributed by atoms with van der Waals surface area (Å²) < 4.78 is 10.8. The van der Waals surface area contributed by atoms with Gasteiger partial charge in [0.05, 0.1) is 12.7 Å². The minimum absolute atomic E-state index is 0.0644. The predicted octanol–water partition coefficient (Wildman–Crippen LogP) is 4.09. The van der Waals surface area contributed by atoms with Crippen molar-refractivity contribution >= 4 is 22.6 Å². The van der Waals surface area contributed by atoms with Crippen LogP contribution in [0, 0.1) is 17.8 Å². The molecule has 0 aliphatic heterocycles. The Morgan fingerprint density at radius 1 is 0.966 bits per heavy atom. The second-order valence-corrected chi connectivity index (χ2v) is 9.18. The van der Waals surface area contributed by atoms with Gasteiger partial charge in [-0.3, -0.25) is 4.79 Å². The Balaban J connectivity index is 1.26. The highest BCUT2D eigenvalue weighted by Crippen LogP contribution is 2.55. The first-order valence-corrected chi connectivity index (χ1v) is 10.6. The Kier molecular flexibility index (Phi) is 4.49. The van der Waals surface area contributed by atoms with E-state index in [0.717, 1.165) is 47.8 Å². The number of benzene rings is 2. The van der Waals surface area contributed by atoms with Gasteiger partial charge in [0.1, 0.15) is 5.75 Å². The standard InChI is InChI=1S/C24H27NO4/c1-28-21-7-6-20(18-4-2-3-5-19(18)21)23(27)29-14-22(26)25-24-11-15-8-16(12-24)10-17(9-15)13-24/h2-7,15-17H,8-14H2,1H3,(H,25,26).